The van der Waals surface area contributed by atoms with Gasteiger partial charge in [-0.05, 0) is 48.4 Å². The first kappa shape index (κ1) is 22.7. The number of H-pyrrole nitrogens is 1. The Balaban J connectivity index is 1.31. The van der Waals surface area contributed by atoms with E-state index in [4.69, 9.17) is 14.2 Å². The zero-order valence-corrected chi connectivity index (χ0v) is 18.2. The summed E-state index contributed by atoms with van der Waals surface area (Å²) in [4.78, 5) is 7.09. The summed E-state index contributed by atoms with van der Waals surface area (Å²) >= 11 is 0. The van der Waals surface area contributed by atoms with Crippen LogP contribution in [0.5, 0.6) is 5.88 Å². The van der Waals surface area contributed by atoms with Crippen LogP contribution < -0.4 is 4.74 Å². The minimum absolute atomic E-state index is 0.124. The predicted molar refractivity (Wildman–Crippen MR) is 112 cm³/mol. The zero-order valence-electron chi connectivity index (χ0n) is 18.2. The third-order valence-electron chi connectivity index (χ3n) is 7.01. The van der Waals surface area contributed by atoms with E-state index in [0.29, 0.717) is 18.4 Å². The number of aryl methyl sites for hydroxylation is 1. The van der Waals surface area contributed by atoms with Gasteiger partial charge in [0.25, 0.3) is 0 Å². The molecular weight excluding hydrogens is 475 g/mol. The molecule has 1 aliphatic carbocycles. The van der Waals surface area contributed by atoms with Crippen molar-refractivity contribution in [1.82, 2.24) is 9.97 Å². The van der Waals surface area contributed by atoms with Gasteiger partial charge < -0.3 is 24.3 Å². The van der Waals surface area contributed by atoms with Crippen molar-refractivity contribution in [2.75, 3.05) is 13.2 Å². The highest BCUT2D eigenvalue weighted by molar-refractivity contribution is 5.78. The Morgan fingerprint density at radius 2 is 1.89 bits per heavy atom. The molecule has 2 aliphatic heterocycles. The zero-order chi connectivity index (χ0) is 24.5. The van der Waals surface area contributed by atoms with E-state index in [2.05, 4.69) is 9.97 Å². The molecule has 3 aromatic rings. The third kappa shape index (κ3) is 3.95. The van der Waals surface area contributed by atoms with Crippen LogP contribution in [0.3, 0.4) is 0 Å². The lowest BCUT2D eigenvalue weighted by Gasteiger charge is -2.17. The smallest absolute Gasteiger partial charge is 0.418 e. The predicted octanol–water partition coefficient (Wildman–Crippen LogP) is 4.04. The Morgan fingerprint density at radius 1 is 1.09 bits per heavy atom. The number of aromatic amines is 1. The largest absolute Gasteiger partial charge is 0.470 e. The quantitative estimate of drug-likeness (QED) is 0.534. The maximum absolute atomic E-state index is 14.5. The van der Waals surface area contributed by atoms with E-state index in [0.717, 1.165) is 12.1 Å². The van der Waals surface area contributed by atoms with Crippen molar-refractivity contribution >= 4 is 11.0 Å². The van der Waals surface area contributed by atoms with Gasteiger partial charge in [0.1, 0.15) is 29.9 Å². The second-order valence-corrected chi connectivity index (χ2v) is 9.27. The van der Waals surface area contributed by atoms with Crippen molar-refractivity contribution in [1.29, 1.82) is 0 Å². The number of halogens is 5. The normalized spacial score (nSPS) is 28.0. The summed E-state index contributed by atoms with van der Waals surface area (Å²) in [6.45, 7) is 0.292. The Kier molecular flexibility index (Phi) is 5.28. The average molecular weight is 496 g/mol. The Labute approximate surface area is 196 Å². The first-order chi connectivity index (χ1) is 16.7. The molecule has 2 fully saturated rings. The van der Waals surface area contributed by atoms with Gasteiger partial charge in [0, 0.05) is 12.1 Å². The molecule has 5 atom stereocenters. The molecule has 0 amide bonds. The topological polar surface area (TPSA) is 76.6 Å². The van der Waals surface area contributed by atoms with Gasteiger partial charge in [0.05, 0.1) is 35.5 Å². The number of aliphatic hydroxyl groups is 1. The molecule has 1 aromatic carbocycles. The van der Waals surface area contributed by atoms with Crippen LogP contribution in [-0.4, -0.2) is 52.7 Å². The van der Waals surface area contributed by atoms with Gasteiger partial charge in [-0.1, -0.05) is 0 Å². The minimum Gasteiger partial charge on any atom is -0.470 e. The molecule has 6 nitrogen and oxygen atoms in total. The van der Waals surface area contributed by atoms with Gasteiger partial charge in [-0.15, -0.1) is 0 Å². The highest BCUT2D eigenvalue weighted by Gasteiger charge is 2.48. The molecule has 2 aromatic heterocycles. The number of nitrogens with one attached hydrogen (secondary N) is 1. The van der Waals surface area contributed by atoms with E-state index in [1.165, 1.54) is 12.1 Å². The number of benzene rings is 1. The van der Waals surface area contributed by atoms with Crippen molar-refractivity contribution in [3.05, 3.63) is 58.3 Å². The molecule has 186 valence electrons. The van der Waals surface area contributed by atoms with Crippen molar-refractivity contribution in [3.63, 3.8) is 0 Å². The number of fused-ring (bicyclic) bond motifs is 3. The van der Waals surface area contributed by atoms with Crippen LogP contribution in [0, 0.1) is 11.6 Å². The number of pyridine rings is 1. The average Bonchev–Trinajstić information content (AvgIpc) is 3.53. The summed E-state index contributed by atoms with van der Waals surface area (Å²) < 4.78 is 86.7. The van der Waals surface area contributed by atoms with Crippen molar-refractivity contribution < 1.29 is 41.3 Å². The van der Waals surface area contributed by atoms with Gasteiger partial charge in [0.15, 0.2) is 12.0 Å². The number of nitrogens with zero attached hydrogens (tertiary/aromatic N) is 1. The Morgan fingerprint density at radius 3 is 2.69 bits per heavy atom. The van der Waals surface area contributed by atoms with Crippen LogP contribution in [0.2, 0.25) is 0 Å². The van der Waals surface area contributed by atoms with Crippen LogP contribution in [-0.2, 0) is 28.5 Å². The molecule has 0 spiro atoms. The summed E-state index contributed by atoms with van der Waals surface area (Å²) in [5.74, 6) is -1.78. The fraction of sp³-hybridized carbons (Fsp3) is 0.458. The lowest BCUT2D eigenvalue weighted by Crippen LogP contribution is -2.34. The van der Waals surface area contributed by atoms with E-state index >= 15 is 0 Å². The molecule has 0 radical (unpaired) electrons. The fourth-order valence-corrected chi connectivity index (χ4v) is 5.46. The standard InChI is InChI=1S/C24H21F5N2O4/c25-12-3-10-1-2-11(21(10)14(26)5-12)4-15-13(24(27,28)29)6-16-17(30-15)7-20(31-16)35-19-9-34-22-18(32)8-33-23(19)22/h3,5-7,11,18-19,22-23,31-32H,1-2,4,8-9H2/t11?,18-,19-,22-,23-/m1/s1. The molecule has 6 rings (SSSR count). The second kappa shape index (κ2) is 8.14. The summed E-state index contributed by atoms with van der Waals surface area (Å²) in [7, 11) is 0. The van der Waals surface area contributed by atoms with Gasteiger partial charge in [-0.2, -0.15) is 13.2 Å². The molecule has 2 N–H and O–H groups in total. The fourth-order valence-electron chi connectivity index (χ4n) is 5.46. The highest BCUT2D eigenvalue weighted by atomic mass is 19.4. The van der Waals surface area contributed by atoms with Gasteiger partial charge >= 0.3 is 6.18 Å². The Bertz CT molecular complexity index is 1290. The summed E-state index contributed by atoms with van der Waals surface area (Å²) in [6.07, 6.45) is -6.28. The molecule has 4 heterocycles. The number of aromatic nitrogens is 2. The maximum Gasteiger partial charge on any atom is 0.418 e. The van der Waals surface area contributed by atoms with Gasteiger partial charge in [0.2, 0.25) is 0 Å². The Hall–Kier alpha value is -2.76. The molecule has 0 saturated carbocycles. The van der Waals surface area contributed by atoms with E-state index in [1.54, 1.807) is 0 Å². The van der Waals surface area contributed by atoms with Crippen LogP contribution >= 0.6 is 0 Å². The number of alkyl halides is 3. The van der Waals surface area contributed by atoms with Gasteiger partial charge in [-0.25, -0.2) is 8.78 Å². The summed E-state index contributed by atoms with van der Waals surface area (Å²) in [6, 6.07) is 4.47. The third-order valence-corrected chi connectivity index (χ3v) is 7.01. The number of hydrogen-bond donors (Lipinski definition) is 2. The van der Waals surface area contributed by atoms with E-state index in [1.807, 2.05) is 0 Å². The molecule has 11 heteroatoms. The number of hydrogen-bond acceptors (Lipinski definition) is 5. The van der Waals surface area contributed by atoms with Crippen molar-refractivity contribution in [2.24, 2.45) is 0 Å². The number of rotatable bonds is 4. The van der Waals surface area contributed by atoms with E-state index in [9.17, 15) is 27.1 Å². The first-order valence-electron chi connectivity index (χ1n) is 11.3. The lowest BCUT2D eigenvalue weighted by molar-refractivity contribution is -0.138. The number of ether oxygens (including phenoxy) is 3. The SMILES string of the molecule is O[C@@H]1CO[C@H]2[C@@H]1OC[C@H]2Oc1cc2nc(CC3CCc4cc(F)cc(F)c43)c(C(F)(F)F)cc2[nH]1. The van der Waals surface area contributed by atoms with Crippen LogP contribution in [0.25, 0.3) is 11.0 Å². The minimum atomic E-state index is -4.67. The van der Waals surface area contributed by atoms with Crippen LogP contribution in [0.4, 0.5) is 22.0 Å². The van der Waals surface area contributed by atoms with Crippen LogP contribution in [0.15, 0.2) is 24.3 Å². The van der Waals surface area contributed by atoms with E-state index < -0.39 is 53.7 Å². The molecule has 35 heavy (non-hydrogen) atoms. The first-order valence-corrected chi connectivity index (χ1v) is 11.3. The lowest BCUT2D eigenvalue weighted by atomic mass is 9.93. The maximum atomic E-state index is 14.5. The summed E-state index contributed by atoms with van der Waals surface area (Å²) in [5.41, 5.74) is 0.0250. The van der Waals surface area contributed by atoms with Crippen molar-refractivity contribution in [3.8, 4) is 5.88 Å². The number of aliphatic hydroxyl groups excluding tert-OH is 1. The molecule has 2 saturated heterocycles. The van der Waals surface area contributed by atoms with Crippen molar-refractivity contribution in [2.45, 2.75) is 55.8 Å². The van der Waals surface area contributed by atoms with Gasteiger partial charge in [-0.3, -0.25) is 4.98 Å². The molecular formula is C24H21F5N2O4. The second-order valence-electron chi connectivity index (χ2n) is 9.27. The molecule has 3 aliphatic rings. The molecule has 0 bridgehead atoms. The van der Waals surface area contributed by atoms with Crippen LogP contribution in [0.1, 0.15) is 34.7 Å². The summed E-state index contributed by atoms with van der Waals surface area (Å²) in [5, 5.41) is 9.87. The molecule has 1 unspecified atom stereocenters. The highest BCUT2D eigenvalue weighted by Crippen LogP contribution is 2.41. The van der Waals surface area contributed by atoms with E-state index in [-0.39, 0.29) is 47.8 Å². The monoisotopic (exact) mass is 496 g/mol.